The molecule has 0 radical (unpaired) electrons. The lowest BCUT2D eigenvalue weighted by molar-refractivity contribution is 0.818. The van der Waals surface area contributed by atoms with Crippen molar-refractivity contribution in [3.63, 3.8) is 0 Å². The van der Waals surface area contributed by atoms with Gasteiger partial charge in [-0.15, -0.1) is 0 Å². The Labute approximate surface area is 99.5 Å². The van der Waals surface area contributed by atoms with E-state index in [1.807, 2.05) is 0 Å². The van der Waals surface area contributed by atoms with Crippen LogP contribution in [0, 0.1) is 0 Å². The van der Waals surface area contributed by atoms with E-state index in [1.54, 1.807) is 0 Å². The van der Waals surface area contributed by atoms with Crippen LogP contribution in [-0.2, 0) is 6.42 Å². The van der Waals surface area contributed by atoms with Crippen LogP contribution in [0.4, 0.5) is 5.69 Å². The molecule has 0 spiro atoms. The topological polar surface area (TPSA) is 29.3 Å². The second kappa shape index (κ2) is 5.90. The Bertz CT molecular complexity index is 330. The number of nitrogens with two attached hydrogens (primary N) is 1. The summed E-state index contributed by atoms with van der Waals surface area (Å²) in [7, 11) is 4.19. The van der Waals surface area contributed by atoms with E-state index < -0.39 is 0 Å². The third kappa shape index (κ3) is 3.24. The van der Waals surface area contributed by atoms with Crippen molar-refractivity contribution in [3.05, 3.63) is 29.3 Å². The molecular formula is C14H24N2. The molecule has 0 fully saturated rings. The minimum atomic E-state index is 0.591. The fraction of sp³-hybridized carbons (Fsp3) is 0.571. The molecule has 1 aromatic carbocycles. The molecule has 0 aromatic heterocycles. The summed E-state index contributed by atoms with van der Waals surface area (Å²) < 4.78 is 0. The molecule has 1 rings (SSSR count). The third-order valence-electron chi connectivity index (χ3n) is 2.90. The number of aryl methyl sites for hydroxylation is 1. The first-order valence-corrected chi connectivity index (χ1v) is 6.06. The van der Waals surface area contributed by atoms with Gasteiger partial charge in [0.2, 0.25) is 0 Å². The maximum Gasteiger partial charge on any atom is 0.0393 e. The summed E-state index contributed by atoms with van der Waals surface area (Å²) in [5.41, 5.74) is 9.74. The minimum absolute atomic E-state index is 0.591. The predicted molar refractivity (Wildman–Crippen MR) is 72.2 cm³/mol. The van der Waals surface area contributed by atoms with Crippen molar-refractivity contribution in [3.8, 4) is 0 Å². The molecule has 0 aliphatic heterocycles. The normalized spacial score (nSPS) is 10.9. The highest BCUT2D eigenvalue weighted by molar-refractivity contribution is 5.54. The van der Waals surface area contributed by atoms with Crippen molar-refractivity contribution in [2.75, 3.05) is 25.5 Å². The molecule has 0 saturated heterocycles. The molecule has 16 heavy (non-hydrogen) atoms. The van der Waals surface area contributed by atoms with Gasteiger partial charge in [0.1, 0.15) is 0 Å². The van der Waals surface area contributed by atoms with Crippen LogP contribution in [0.1, 0.15) is 37.3 Å². The van der Waals surface area contributed by atoms with E-state index in [2.05, 4.69) is 51.0 Å². The van der Waals surface area contributed by atoms with E-state index in [0.717, 1.165) is 19.4 Å². The lowest BCUT2D eigenvalue weighted by atomic mass is 9.97. The van der Waals surface area contributed by atoms with Gasteiger partial charge in [-0.05, 0) is 42.5 Å². The lowest BCUT2D eigenvalue weighted by Gasteiger charge is -2.19. The van der Waals surface area contributed by atoms with Crippen LogP contribution in [0.2, 0.25) is 0 Å². The second-order valence-corrected chi connectivity index (χ2v) is 4.83. The van der Waals surface area contributed by atoms with Crippen molar-refractivity contribution in [1.29, 1.82) is 0 Å². The van der Waals surface area contributed by atoms with Gasteiger partial charge in [0, 0.05) is 19.8 Å². The van der Waals surface area contributed by atoms with Crippen LogP contribution in [0.3, 0.4) is 0 Å². The molecule has 0 atom stereocenters. The maximum atomic E-state index is 5.59. The molecule has 0 unspecified atom stereocenters. The fourth-order valence-corrected chi connectivity index (χ4v) is 1.89. The quantitative estimate of drug-likeness (QED) is 0.826. The molecule has 90 valence electrons. The molecule has 1 aromatic rings. The first-order valence-electron chi connectivity index (χ1n) is 6.06. The SMILES string of the molecule is CC(C)c1ccc(N(C)C)c(CCCN)c1. The van der Waals surface area contributed by atoms with Gasteiger partial charge in [0.25, 0.3) is 0 Å². The van der Waals surface area contributed by atoms with Crippen molar-refractivity contribution in [2.24, 2.45) is 5.73 Å². The number of anilines is 1. The van der Waals surface area contributed by atoms with Crippen LogP contribution in [0.5, 0.6) is 0 Å². The Morgan fingerprint density at radius 3 is 2.44 bits per heavy atom. The van der Waals surface area contributed by atoms with E-state index in [1.165, 1.54) is 16.8 Å². The Kier molecular flexibility index (Phi) is 4.81. The average Bonchev–Trinajstić information content (AvgIpc) is 2.25. The zero-order chi connectivity index (χ0) is 12.1. The highest BCUT2D eigenvalue weighted by Gasteiger charge is 2.07. The van der Waals surface area contributed by atoms with Gasteiger partial charge >= 0.3 is 0 Å². The van der Waals surface area contributed by atoms with Crippen molar-refractivity contribution in [2.45, 2.75) is 32.6 Å². The number of benzene rings is 1. The van der Waals surface area contributed by atoms with Crippen LogP contribution in [-0.4, -0.2) is 20.6 Å². The van der Waals surface area contributed by atoms with E-state index in [-0.39, 0.29) is 0 Å². The molecule has 2 heteroatoms. The highest BCUT2D eigenvalue weighted by Crippen LogP contribution is 2.25. The van der Waals surface area contributed by atoms with Crippen LogP contribution < -0.4 is 10.6 Å². The molecule has 0 bridgehead atoms. The molecule has 2 N–H and O–H groups in total. The average molecular weight is 220 g/mol. The number of rotatable bonds is 5. The minimum Gasteiger partial charge on any atom is -0.377 e. The zero-order valence-corrected chi connectivity index (χ0v) is 11.0. The van der Waals surface area contributed by atoms with E-state index >= 15 is 0 Å². The lowest BCUT2D eigenvalue weighted by Crippen LogP contribution is -2.12. The summed E-state index contributed by atoms with van der Waals surface area (Å²) in [6, 6.07) is 6.78. The summed E-state index contributed by atoms with van der Waals surface area (Å²) in [6.45, 7) is 5.23. The summed E-state index contributed by atoms with van der Waals surface area (Å²) in [5.74, 6) is 0.591. The summed E-state index contributed by atoms with van der Waals surface area (Å²) in [6.07, 6.45) is 2.13. The molecular weight excluding hydrogens is 196 g/mol. The van der Waals surface area contributed by atoms with Gasteiger partial charge in [-0.1, -0.05) is 26.0 Å². The van der Waals surface area contributed by atoms with Gasteiger partial charge in [-0.3, -0.25) is 0 Å². The highest BCUT2D eigenvalue weighted by atomic mass is 15.1. The van der Waals surface area contributed by atoms with Crippen LogP contribution >= 0.6 is 0 Å². The molecule has 0 aliphatic rings. The van der Waals surface area contributed by atoms with E-state index in [0.29, 0.717) is 5.92 Å². The van der Waals surface area contributed by atoms with Gasteiger partial charge in [-0.2, -0.15) is 0 Å². The Hall–Kier alpha value is -1.02. The Morgan fingerprint density at radius 1 is 1.25 bits per heavy atom. The summed E-state index contributed by atoms with van der Waals surface area (Å²) >= 11 is 0. The van der Waals surface area contributed by atoms with Crippen molar-refractivity contribution < 1.29 is 0 Å². The smallest absolute Gasteiger partial charge is 0.0393 e. The van der Waals surface area contributed by atoms with Crippen molar-refractivity contribution in [1.82, 2.24) is 0 Å². The van der Waals surface area contributed by atoms with Gasteiger partial charge in [-0.25, -0.2) is 0 Å². The van der Waals surface area contributed by atoms with Crippen LogP contribution in [0.25, 0.3) is 0 Å². The largest absolute Gasteiger partial charge is 0.377 e. The second-order valence-electron chi connectivity index (χ2n) is 4.83. The number of hydrogen-bond acceptors (Lipinski definition) is 2. The summed E-state index contributed by atoms with van der Waals surface area (Å²) in [5, 5.41) is 0. The standard InChI is InChI=1S/C14H24N2/c1-11(2)12-7-8-14(16(3)4)13(10-12)6-5-9-15/h7-8,10-11H,5-6,9,15H2,1-4H3. The fourth-order valence-electron chi connectivity index (χ4n) is 1.89. The first kappa shape index (κ1) is 13.0. The van der Waals surface area contributed by atoms with E-state index in [4.69, 9.17) is 5.73 Å². The molecule has 0 saturated carbocycles. The van der Waals surface area contributed by atoms with Crippen molar-refractivity contribution >= 4 is 5.69 Å². The zero-order valence-electron chi connectivity index (χ0n) is 11.0. The Morgan fingerprint density at radius 2 is 1.94 bits per heavy atom. The number of hydrogen-bond donors (Lipinski definition) is 1. The predicted octanol–water partition coefficient (Wildman–Crippen LogP) is 2.77. The Balaban J connectivity index is 3.01. The monoisotopic (exact) mass is 220 g/mol. The summed E-state index contributed by atoms with van der Waals surface area (Å²) in [4.78, 5) is 2.18. The molecule has 0 aliphatic carbocycles. The number of nitrogens with zero attached hydrogens (tertiary/aromatic N) is 1. The van der Waals surface area contributed by atoms with Gasteiger partial charge < -0.3 is 10.6 Å². The van der Waals surface area contributed by atoms with Gasteiger partial charge in [0.05, 0.1) is 0 Å². The molecule has 0 heterocycles. The molecule has 2 nitrogen and oxygen atoms in total. The van der Waals surface area contributed by atoms with E-state index in [9.17, 15) is 0 Å². The third-order valence-corrected chi connectivity index (χ3v) is 2.90. The maximum absolute atomic E-state index is 5.59. The first-order chi connectivity index (χ1) is 7.56. The van der Waals surface area contributed by atoms with Crippen LogP contribution in [0.15, 0.2) is 18.2 Å². The molecule has 0 amide bonds. The van der Waals surface area contributed by atoms with Gasteiger partial charge in [0.15, 0.2) is 0 Å².